The Hall–Kier alpha value is -1.01. The van der Waals surface area contributed by atoms with Crippen molar-refractivity contribution in [3.63, 3.8) is 0 Å². The second-order valence-corrected chi connectivity index (χ2v) is 1.57. The first-order valence-electron chi connectivity index (χ1n) is 2.40. The van der Waals surface area contributed by atoms with Crippen LogP contribution in [0.4, 0.5) is 22.4 Å². The summed E-state index contributed by atoms with van der Waals surface area (Å²) in [6.07, 6.45) is -10.0. The SMILES string of the molecule is O=C(O)OC(CF)C(F)(F)F. The lowest BCUT2D eigenvalue weighted by Crippen LogP contribution is -2.35. The van der Waals surface area contributed by atoms with Crippen LogP contribution in [0.1, 0.15) is 0 Å². The van der Waals surface area contributed by atoms with Crippen LogP contribution in [-0.2, 0) is 4.74 Å². The van der Waals surface area contributed by atoms with Gasteiger partial charge < -0.3 is 9.84 Å². The topological polar surface area (TPSA) is 46.5 Å². The quantitative estimate of drug-likeness (QED) is 0.513. The number of carboxylic acid groups (broad SMARTS) is 1. The second kappa shape index (κ2) is 3.40. The smallest absolute Gasteiger partial charge is 0.450 e. The zero-order valence-corrected chi connectivity index (χ0v) is 5.06. The lowest BCUT2D eigenvalue weighted by molar-refractivity contribution is -0.210. The molecule has 1 unspecified atom stereocenters. The van der Waals surface area contributed by atoms with Crippen molar-refractivity contribution in [2.45, 2.75) is 12.3 Å². The predicted octanol–water partition coefficient (Wildman–Crippen LogP) is 1.58. The third-order valence-corrected chi connectivity index (χ3v) is 0.748. The molecule has 0 aromatic rings. The molecule has 0 aliphatic carbocycles. The lowest BCUT2D eigenvalue weighted by atomic mass is 10.4. The lowest BCUT2D eigenvalue weighted by Gasteiger charge is -2.14. The molecule has 0 bridgehead atoms. The minimum absolute atomic E-state index is 1.91. The van der Waals surface area contributed by atoms with Crippen LogP contribution in [0.5, 0.6) is 0 Å². The average Bonchev–Trinajstić information content (AvgIpc) is 1.79. The Morgan fingerprint density at radius 2 is 2.00 bits per heavy atom. The Kier molecular flexibility index (Phi) is 3.09. The molecule has 1 N–H and O–H groups in total. The number of halogens is 4. The first-order chi connectivity index (χ1) is 4.88. The van der Waals surface area contributed by atoms with E-state index in [9.17, 15) is 22.4 Å². The number of carbonyl (C=O) groups is 1. The van der Waals surface area contributed by atoms with Gasteiger partial charge in [0.1, 0.15) is 6.67 Å². The van der Waals surface area contributed by atoms with E-state index in [1.54, 1.807) is 0 Å². The zero-order chi connectivity index (χ0) is 9.07. The summed E-state index contributed by atoms with van der Waals surface area (Å²) in [5.41, 5.74) is 0. The van der Waals surface area contributed by atoms with Gasteiger partial charge in [0.05, 0.1) is 0 Å². The minimum Gasteiger partial charge on any atom is -0.450 e. The maximum absolute atomic E-state index is 11.5. The largest absolute Gasteiger partial charge is 0.506 e. The molecule has 0 heterocycles. The highest BCUT2D eigenvalue weighted by molar-refractivity contribution is 5.57. The first kappa shape index (κ1) is 9.99. The van der Waals surface area contributed by atoms with Gasteiger partial charge in [0, 0.05) is 0 Å². The highest BCUT2D eigenvalue weighted by Crippen LogP contribution is 2.23. The fourth-order valence-corrected chi connectivity index (χ4v) is 0.307. The van der Waals surface area contributed by atoms with Gasteiger partial charge >= 0.3 is 12.3 Å². The third kappa shape index (κ3) is 3.64. The van der Waals surface area contributed by atoms with Gasteiger partial charge in [0.15, 0.2) is 0 Å². The minimum atomic E-state index is -4.98. The molecular weight excluding hydrogens is 172 g/mol. The van der Waals surface area contributed by atoms with E-state index >= 15 is 0 Å². The maximum Gasteiger partial charge on any atom is 0.506 e. The van der Waals surface area contributed by atoms with E-state index in [0.717, 1.165) is 0 Å². The molecule has 0 rings (SSSR count). The predicted molar refractivity (Wildman–Crippen MR) is 24.9 cm³/mol. The fraction of sp³-hybridized carbons (Fsp3) is 0.750. The molecule has 0 aliphatic heterocycles. The van der Waals surface area contributed by atoms with Crippen molar-refractivity contribution in [1.82, 2.24) is 0 Å². The van der Waals surface area contributed by atoms with Crippen LogP contribution < -0.4 is 0 Å². The van der Waals surface area contributed by atoms with E-state index in [2.05, 4.69) is 4.74 Å². The molecule has 0 aromatic heterocycles. The Labute approximate surface area is 58.6 Å². The van der Waals surface area contributed by atoms with Crippen LogP contribution in [0.15, 0.2) is 0 Å². The van der Waals surface area contributed by atoms with Crippen LogP contribution in [0.3, 0.4) is 0 Å². The van der Waals surface area contributed by atoms with Gasteiger partial charge in [-0.05, 0) is 0 Å². The highest BCUT2D eigenvalue weighted by Gasteiger charge is 2.43. The van der Waals surface area contributed by atoms with E-state index in [4.69, 9.17) is 5.11 Å². The molecule has 0 spiro atoms. The summed E-state index contributed by atoms with van der Waals surface area (Å²) >= 11 is 0. The molecule has 1 atom stereocenters. The van der Waals surface area contributed by atoms with Gasteiger partial charge in [-0.2, -0.15) is 13.2 Å². The van der Waals surface area contributed by atoms with Crippen molar-refractivity contribution in [3.8, 4) is 0 Å². The van der Waals surface area contributed by atoms with Gasteiger partial charge in [-0.1, -0.05) is 0 Å². The number of ether oxygens (including phenoxy) is 1. The molecule has 11 heavy (non-hydrogen) atoms. The van der Waals surface area contributed by atoms with E-state index in [0.29, 0.717) is 0 Å². The molecule has 0 saturated carbocycles. The Morgan fingerprint density at radius 1 is 1.55 bits per heavy atom. The Bertz CT molecular complexity index is 143. The third-order valence-electron chi connectivity index (χ3n) is 0.748. The van der Waals surface area contributed by atoms with Crippen LogP contribution >= 0.6 is 0 Å². The van der Waals surface area contributed by atoms with Crippen LogP contribution in [0, 0.1) is 0 Å². The summed E-state index contributed by atoms with van der Waals surface area (Å²) in [5, 5.41) is 7.69. The standard InChI is InChI=1S/C4H4F4O3/c5-1-2(4(6,7)8)11-3(9)10/h2H,1H2,(H,9,10). The van der Waals surface area contributed by atoms with E-state index in [1.807, 2.05) is 0 Å². The molecule has 7 heteroatoms. The molecule has 0 fully saturated rings. The summed E-state index contributed by atoms with van der Waals surface area (Å²) < 4.78 is 48.9. The molecule has 0 saturated heterocycles. The first-order valence-corrected chi connectivity index (χ1v) is 2.40. The number of hydrogen-bond donors (Lipinski definition) is 1. The van der Waals surface area contributed by atoms with Crippen molar-refractivity contribution in [2.75, 3.05) is 6.67 Å². The fourth-order valence-electron chi connectivity index (χ4n) is 0.307. The molecule has 66 valence electrons. The zero-order valence-electron chi connectivity index (χ0n) is 5.06. The average molecular weight is 176 g/mol. The number of rotatable bonds is 2. The van der Waals surface area contributed by atoms with Crippen LogP contribution in [-0.4, -0.2) is 30.2 Å². The maximum atomic E-state index is 11.5. The van der Waals surface area contributed by atoms with Gasteiger partial charge in [0.2, 0.25) is 6.10 Å². The summed E-state index contributed by atoms with van der Waals surface area (Å²) in [6, 6.07) is 0. The summed E-state index contributed by atoms with van der Waals surface area (Å²) in [4.78, 5) is 9.53. The van der Waals surface area contributed by atoms with Crippen LogP contribution in [0.25, 0.3) is 0 Å². The number of alkyl halides is 4. The molecular formula is C4H4F4O3. The van der Waals surface area contributed by atoms with Crippen molar-refractivity contribution < 1.29 is 32.2 Å². The molecule has 0 aromatic carbocycles. The molecule has 0 amide bonds. The second-order valence-electron chi connectivity index (χ2n) is 1.57. The number of hydrogen-bond acceptors (Lipinski definition) is 2. The summed E-state index contributed by atoms with van der Waals surface area (Å²) in [7, 11) is 0. The van der Waals surface area contributed by atoms with E-state index in [-0.39, 0.29) is 0 Å². The van der Waals surface area contributed by atoms with E-state index in [1.165, 1.54) is 0 Å². The summed E-state index contributed by atoms with van der Waals surface area (Å²) in [6.45, 7) is -1.91. The Morgan fingerprint density at radius 3 is 2.09 bits per heavy atom. The normalized spacial score (nSPS) is 14.2. The molecule has 0 aliphatic rings. The summed E-state index contributed by atoms with van der Waals surface area (Å²) in [5.74, 6) is 0. The van der Waals surface area contributed by atoms with Gasteiger partial charge in [-0.3, -0.25) is 0 Å². The van der Waals surface area contributed by atoms with Crippen molar-refractivity contribution in [2.24, 2.45) is 0 Å². The molecule has 3 nitrogen and oxygen atoms in total. The van der Waals surface area contributed by atoms with Gasteiger partial charge in [-0.15, -0.1) is 0 Å². The van der Waals surface area contributed by atoms with E-state index < -0.39 is 25.1 Å². The highest BCUT2D eigenvalue weighted by atomic mass is 19.4. The van der Waals surface area contributed by atoms with Crippen LogP contribution in [0.2, 0.25) is 0 Å². The van der Waals surface area contributed by atoms with Crippen molar-refractivity contribution in [3.05, 3.63) is 0 Å². The van der Waals surface area contributed by atoms with Gasteiger partial charge in [-0.25, -0.2) is 9.18 Å². The Balaban J connectivity index is 4.07. The monoisotopic (exact) mass is 176 g/mol. The van der Waals surface area contributed by atoms with Crippen molar-refractivity contribution in [1.29, 1.82) is 0 Å². The van der Waals surface area contributed by atoms with Crippen molar-refractivity contribution >= 4 is 6.16 Å². The van der Waals surface area contributed by atoms with Gasteiger partial charge in [0.25, 0.3) is 0 Å². The molecule has 0 radical (unpaired) electrons.